The summed E-state index contributed by atoms with van der Waals surface area (Å²) in [5.41, 5.74) is 2.64. The van der Waals surface area contributed by atoms with Crippen molar-refractivity contribution in [1.29, 1.82) is 0 Å². The van der Waals surface area contributed by atoms with Crippen LogP contribution >= 0.6 is 0 Å². The van der Waals surface area contributed by atoms with Gasteiger partial charge in [0.1, 0.15) is 0 Å². The number of ether oxygens (including phenoxy) is 2. The molecule has 2 nitrogen and oxygen atoms in total. The number of allylic oxidation sites excluding steroid dienone is 3. The van der Waals surface area contributed by atoms with Gasteiger partial charge in [0, 0.05) is 20.6 Å². The average molecular weight is 212 g/mol. The van der Waals surface area contributed by atoms with Crippen LogP contribution in [0.4, 0.5) is 0 Å². The minimum absolute atomic E-state index is 0.0745. The van der Waals surface area contributed by atoms with Crippen molar-refractivity contribution in [2.75, 3.05) is 14.2 Å². The molecule has 0 fully saturated rings. The molecule has 0 atom stereocenters. The minimum atomic E-state index is -0.0745. The van der Waals surface area contributed by atoms with Gasteiger partial charge in [0.15, 0.2) is 6.29 Å². The molecule has 0 bridgehead atoms. The van der Waals surface area contributed by atoms with E-state index in [-0.39, 0.29) is 6.29 Å². The van der Waals surface area contributed by atoms with Crippen LogP contribution in [-0.2, 0) is 9.47 Å². The lowest BCUT2D eigenvalue weighted by atomic mass is 10.1. The molecule has 0 spiro atoms. The van der Waals surface area contributed by atoms with Crippen molar-refractivity contribution >= 4 is 0 Å². The third-order valence-corrected chi connectivity index (χ3v) is 2.36. The summed E-state index contributed by atoms with van der Waals surface area (Å²) >= 11 is 0. The van der Waals surface area contributed by atoms with Crippen LogP contribution in [0.15, 0.2) is 23.8 Å². The molecule has 0 aliphatic rings. The molecular formula is C13H24O2. The zero-order chi connectivity index (χ0) is 11.7. The Bertz CT molecular complexity index is 203. The van der Waals surface area contributed by atoms with Gasteiger partial charge in [0.25, 0.3) is 0 Å². The Kier molecular flexibility index (Phi) is 8.34. The van der Waals surface area contributed by atoms with Crippen LogP contribution in [-0.4, -0.2) is 20.5 Å². The molecule has 0 N–H and O–H groups in total. The van der Waals surface area contributed by atoms with Crippen molar-refractivity contribution in [3.05, 3.63) is 23.8 Å². The maximum atomic E-state index is 5.13. The summed E-state index contributed by atoms with van der Waals surface area (Å²) in [6.07, 6.45) is 6.32. The maximum absolute atomic E-state index is 5.13. The Morgan fingerprint density at radius 1 is 1.20 bits per heavy atom. The molecule has 0 aliphatic heterocycles. The van der Waals surface area contributed by atoms with Crippen molar-refractivity contribution in [2.45, 2.75) is 45.8 Å². The van der Waals surface area contributed by atoms with Gasteiger partial charge < -0.3 is 9.47 Å². The molecule has 0 aromatic carbocycles. The van der Waals surface area contributed by atoms with Gasteiger partial charge in [-0.15, -0.1) is 6.58 Å². The predicted molar refractivity (Wildman–Crippen MR) is 64.8 cm³/mol. The van der Waals surface area contributed by atoms with Gasteiger partial charge in [-0.1, -0.05) is 17.2 Å². The fourth-order valence-corrected chi connectivity index (χ4v) is 1.34. The van der Waals surface area contributed by atoms with E-state index in [1.807, 2.05) is 0 Å². The predicted octanol–water partition coefficient (Wildman–Crippen LogP) is 3.69. The largest absolute Gasteiger partial charge is 0.356 e. The Labute approximate surface area is 94.0 Å². The maximum Gasteiger partial charge on any atom is 0.157 e. The summed E-state index contributed by atoms with van der Waals surface area (Å²) in [6, 6.07) is 0. The fraction of sp³-hybridized carbons (Fsp3) is 0.692. The molecule has 0 saturated heterocycles. The standard InChI is InChI=1S/C13H24O2/c1-11(2)7-6-8-12(3)9-10-13(14-4)15-5/h8,13H,1,6-7,9-10H2,2-5H3. The van der Waals surface area contributed by atoms with E-state index in [0.717, 1.165) is 25.7 Å². The Balaban J connectivity index is 3.71. The molecule has 0 radical (unpaired) electrons. The van der Waals surface area contributed by atoms with E-state index in [1.54, 1.807) is 14.2 Å². The summed E-state index contributed by atoms with van der Waals surface area (Å²) < 4.78 is 10.3. The molecular weight excluding hydrogens is 188 g/mol. The highest BCUT2D eigenvalue weighted by molar-refractivity contribution is 5.00. The summed E-state index contributed by atoms with van der Waals surface area (Å²) in [4.78, 5) is 0. The third kappa shape index (κ3) is 8.40. The molecule has 0 aliphatic carbocycles. The van der Waals surface area contributed by atoms with E-state index in [9.17, 15) is 0 Å². The lowest BCUT2D eigenvalue weighted by molar-refractivity contribution is -0.105. The molecule has 0 amide bonds. The molecule has 0 heterocycles. The van der Waals surface area contributed by atoms with Crippen molar-refractivity contribution in [3.8, 4) is 0 Å². The van der Waals surface area contributed by atoms with Gasteiger partial charge in [-0.05, 0) is 33.1 Å². The van der Waals surface area contributed by atoms with E-state index in [2.05, 4.69) is 26.5 Å². The highest BCUT2D eigenvalue weighted by atomic mass is 16.7. The van der Waals surface area contributed by atoms with Crippen LogP contribution in [0.2, 0.25) is 0 Å². The zero-order valence-electron chi connectivity index (χ0n) is 10.5. The first-order valence-electron chi connectivity index (χ1n) is 5.45. The topological polar surface area (TPSA) is 18.5 Å². The highest BCUT2D eigenvalue weighted by Gasteiger charge is 2.04. The molecule has 0 unspecified atom stereocenters. The van der Waals surface area contributed by atoms with Gasteiger partial charge in [-0.3, -0.25) is 0 Å². The third-order valence-electron chi connectivity index (χ3n) is 2.36. The summed E-state index contributed by atoms with van der Waals surface area (Å²) in [5.74, 6) is 0. The second-order valence-corrected chi connectivity index (χ2v) is 3.99. The first-order chi connectivity index (χ1) is 7.10. The van der Waals surface area contributed by atoms with Crippen molar-refractivity contribution in [2.24, 2.45) is 0 Å². The molecule has 88 valence electrons. The second kappa shape index (κ2) is 8.69. The molecule has 0 saturated carbocycles. The smallest absolute Gasteiger partial charge is 0.157 e. The average Bonchev–Trinajstić information content (AvgIpc) is 2.18. The lowest BCUT2D eigenvalue weighted by Gasteiger charge is -2.12. The van der Waals surface area contributed by atoms with Crippen LogP contribution in [0.3, 0.4) is 0 Å². The summed E-state index contributed by atoms with van der Waals surface area (Å²) in [6.45, 7) is 8.10. The molecule has 0 aromatic rings. The summed E-state index contributed by atoms with van der Waals surface area (Å²) in [7, 11) is 3.35. The SMILES string of the molecule is C=C(C)CCC=C(C)CCC(OC)OC. The minimum Gasteiger partial charge on any atom is -0.356 e. The Morgan fingerprint density at radius 3 is 2.27 bits per heavy atom. The van der Waals surface area contributed by atoms with Gasteiger partial charge in [0.05, 0.1) is 0 Å². The van der Waals surface area contributed by atoms with E-state index < -0.39 is 0 Å². The molecule has 15 heavy (non-hydrogen) atoms. The first-order valence-corrected chi connectivity index (χ1v) is 5.45. The highest BCUT2D eigenvalue weighted by Crippen LogP contribution is 2.12. The van der Waals surface area contributed by atoms with Crippen molar-refractivity contribution in [3.63, 3.8) is 0 Å². The van der Waals surface area contributed by atoms with Crippen LogP contribution in [0.1, 0.15) is 39.5 Å². The van der Waals surface area contributed by atoms with Crippen molar-refractivity contribution < 1.29 is 9.47 Å². The first kappa shape index (κ1) is 14.4. The van der Waals surface area contributed by atoms with E-state index in [1.165, 1.54) is 11.1 Å². The normalized spacial score (nSPS) is 12.2. The second-order valence-electron chi connectivity index (χ2n) is 3.99. The molecule has 0 rings (SSSR count). The van der Waals surface area contributed by atoms with Crippen LogP contribution in [0.5, 0.6) is 0 Å². The number of methoxy groups -OCH3 is 2. The lowest BCUT2D eigenvalue weighted by Crippen LogP contribution is -2.12. The number of hydrogen-bond donors (Lipinski definition) is 0. The van der Waals surface area contributed by atoms with E-state index in [4.69, 9.17) is 9.47 Å². The van der Waals surface area contributed by atoms with Gasteiger partial charge in [-0.25, -0.2) is 0 Å². The quantitative estimate of drug-likeness (QED) is 0.451. The van der Waals surface area contributed by atoms with Gasteiger partial charge in [-0.2, -0.15) is 0 Å². The van der Waals surface area contributed by atoms with Crippen LogP contribution < -0.4 is 0 Å². The van der Waals surface area contributed by atoms with Gasteiger partial charge >= 0.3 is 0 Å². The van der Waals surface area contributed by atoms with E-state index in [0.29, 0.717) is 0 Å². The van der Waals surface area contributed by atoms with E-state index >= 15 is 0 Å². The summed E-state index contributed by atoms with van der Waals surface area (Å²) in [5, 5.41) is 0. The van der Waals surface area contributed by atoms with Crippen molar-refractivity contribution in [1.82, 2.24) is 0 Å². The Hall–Kier alpha value is -0.600. The van der Waals surface area contributed by atoms with Gasteiger partial charge in [0.2, 0.25) is 0 Å². The number of rotatable bonds is 8. The molecule has 2 heteroatoms. The fourth-order valence-electron chi connectivity index (χ4n) is 1.34. The number of hydrogen-bond acceptors (Lipinski definition) is 2. The molecule has 0 aromatic heterocycles. The monoisotopic (exact) mass is 212 g/mol. The zero-order valence-corrected chi connectivity index (χ0v) is 10.5. The van der Waals surface area contributed by atoms with Crippen LogP contribution in [0.25, 0.3) is 0 Å². The van der Waals surface area contributed by atoms with Crippen LogP contribution in [0, 0.1) is 0 Å². The Morgan fingerprint density at radius 2 is 1.80 bits per heavy atom.